The SMILES string of the molecule is CCCCCCC(=O)NCCCCn1cc(CNC(=O)/C=C/CNC)nn1. The molecular weight excluding hydrogens is 344 g/mol. The van der Waals surface area contributed by atoms with E-state index in [4.69, 9.17) is 0 Å². The van der Waals surface area contributed by atoms with Crippen LogP contribution in [0.1, 0.15) is 57.6 Å². The Morgan fingerprint density at radius 1 is 1.15 bits per heavy atom. The molecule has 0 aliphatic heterocycles. The molecule has 0 aromatic carbocycles. The lowest BCUT2D eigenvalue weighted by atomic mass is 10.1. The molecule has 0 spiro atoms. The Labute approximate surface area is 162 Å². The highest BCUT2D eigenvalue weighted by Gasteiger charge is 2.03. The van der Waals surface area contributed by atoms with Crippen LogP contribution in [0, 0.1) is 0 Å². The van der Waals surface area contributed by atoms with Crippen LogP contribution in [0.25, 0.3) is 0 Å². The van der Waals surface area contributed by atoms with Gasteiger partial charge in [-0.2, -0.15) is 0 Å². The van der Waals surface area contributed by atoms with Gasteiger partial charge in [0.1, 0.15) is 5.69 Å². The van der Waals surface area contributed by atoms with Crippen molar-refractivity contribution in [2.45, 2.75) is 65.0 Å². The predicted octanol–water partition coefficient (Wildman–Crippen LogP) is 1.54. The highest BCUT2D eigenvalue weighted by molar-refractivity contribution is 5.87. The summed E-state index contributed by atoms with van der Waals surface area (Å²) in [6.45, 7) is 4.62. The Morgan fingerprint density at radius 2 is 2.00 bits per heavy atom. The Kier molecular flexibility index (Phi) is 12.6. The van der Waals surface area contributed by atoms with Crippen molar-refractivity contribution in [2.75, 3.05) is 20.1 Å². The highest BCUT2D eigenvalue weighted by atomic mass is 16.2. The zero-order valence-electron chi connectivity index (χ0n) is 16.7. The van der Waals surface area contributed by atoms with Crippen LogP contribution in [-0.2, 0) is 22.7 Å². The highest BCUT2D eigenvalue weighted by Crippen LogP contribution is 2.02. The Hall–Kier alpha value is -2.22. The molecule has 0 aliphatic carbocycles. The third-order valence-corrected chi connectivity index (χ3v) is 4.01. The van der Waals surface area contributed by atoms with Crippen molar-refractivity contribution < 1.29 is 9.59 Å². The van der Waals surface area contributed by atoms with E-state index in [0.29, 0.717) is 26.1 Å². The number of carbonyl (C=O) groups excluding carboxylic acids is 2. The molecule has 1 aromatic heterocycles. The van der Waals surface area contributed by atoms with E-state index in [0.717, 1.165) is 37.9 Å². The van der Waals surface area contributed by atoms with E-state index in [1.807, 2.05) is 13.2 Å². The Balaban J connectivity index is 2.10. The Bertz CT molecular complexity index is 570. The van der Waals surface area contributed by atoms with Gasteiger partial charge in [0.25, 0.3) is 0 Å². The van der Waals surface area contributed by atoms with Crippen LogP contribution in [0.3, 0.4) is 0 Å². The molecule has 0 unspecified atom stereocenters. The average molecular weight is 379 g/mol. The summed E-state index contributed by atoms with van der Waals surface area (Å²) in [7, 11) is 1.82. The summed E-state index contributed by atoms with van der Waals surface area (Å²) in [5, 5.41) is 16.8. The molecule has 2 amide bonds. The fourth-order valence-electron chi connectivity index (χ4n) is 2.48. The number of carbonyl (C=O) groups is 2. The van der Waals surface area contributed by atoms with E-state index in [2.05, 4.69) is 33.2 Å². The van der Waals surface area contributed by atoms with Gasteiger partial charge in [0.05, 0.1) is 12.7 Å². The van der Waals surface area contributed by atoms with Crippen molar-refractivity contribution >= 4 is 11.8 Å². The number of aryl methyl sites for hydroxylation is 1. The lowest BCUT2D eigenvalue weighted by molar-refractivity contribution is -0.121. The van der Waals surface area contributed by atoms with Crippen molar-refractivity contribution in [3.8, 4) is 0 Å². The largest absolute Gasteiger partial charge is 0.356 e. The summed E-state index contributed by atoms with van der Waals surface area (Å²) in [6.07, 6.45) is 12.0. The van der Waals surface area contributed by atoms with Gasteiger partial charge in [-0.3, -0.25) is 14.3 Å². The lowest BCUT2D eigenvalue weighted by Crippen LogP contribution is -2.24. The first-order valence-corrected chi connectivity index (χ1v) is 9.90. The molecule has 0 saturated heterocycles. The molecular formula is C19H34N6O2. The van der Waals surface area contributed by atoms with Crippen LogP contribution < -0.4 is 16.0 Å². The second-order valence-corrected chi connectivity index (χ2v) is 6.52. The van der Waals surface area contributed by atoms with Crippen molar-refractivity contribution in [1.29, 1.82) is 0 Å². The van der Waals surface area contributed by atoms with Gasteiger partial charge in [-0.25, -0.2) is 0 Å². The van der Waals surface area contributed by atoms with E-state index < -0.39 is 0 Å². The standard InChI is InChI=1S/C19H34N6O2/c1-3-4-5-6-10-18(26)21-13-7-8-14-25-16-17(23-24-25)15-22-19(27)11-9-12-20-2/h9,11,16,20H,3-8,10,12-15H2,1-2H3,(H,21,26)(H,22,27)/b11-9+. The topological polar surface area (TPSA) is 101 Å². The number of aromatic nitrogens is 3. The number of nitrogens with one attached hydrogen (secondary N) is 3. The molecule has 0 bridgehead atoms. The van der Waals surface area contributed by atoms with Gasteiger partial charge >= 0.3 is 0 Å². The van der Waals surface area contributed by atoms with Gasteiger partial charge in [0.2, 0.25) is 11.8 Å². The molecule has 1 aromatic rings. The fraction of sp³-hybridized carbons (Fsp3) is 0.684. The minimum Gasteiger partial charge on any atom is -0.356 e. The number of hydrogen-bond donors (Lipinski definition) is 3. The maximum atomic E-state index is 11.7. The summed E-state index contributed by atoms with van der Waals surface area (Å²) in [4.78, 5) is 23.3. The summed E-state index contributed by atoms with van der Waals surface area (Å²) in [5.74, 6) is -0.00103. The molecule has 27 heavy (non-hydrogen) atoms. The first-order chi connectivity index (χ1) is 13.2. The second kappa shape index (κ2) is 14.9. The van der Waals surface area contributed by atoms with Gasteiger partial charge in [0, 0.05) is 32.1 Å². The van der Waals surface area contributed by atoms with Crippen molar-refractivity contribution in [3.63, 3.8) is 0 Å². The Morgan fingerprint density at radius 3 is 2.78 bits per heavy atom. The molecule has 0 fully saturated rings. The minimum absolute atomic E-state index is 0.147. The van der Waals surface area contributed by atoms with E-state index in [1.54, 1.807) is 10.8 Å². The van der Waals surface area contributed by atoms with E-state index in [-0.39, 0.29) is 11.8 Å². The van der Waals surface area contributed by atoms with Gasteiger partial charge in [-0.05, 0) is 26.3 Å². The zero-order valence-corrected chi connectivity index (χ0v) is 16.7. The quantitative estimate of drug-likeness (QED) is 0.317. The van der Waals surface area contributed by atoms with E-state index in [1.165, 1.54) is 18.9 Å². The number of hydrogen-bond acceptors (Lipinski definition) is 5. The first kappa shape index (κ1) is 22.8. The third-order valence-electron chi connectivity index (χ3n) is 4.01. The average Bonchev–Trinajstić information content (AvgIpc) is 3.11. The normalized spacial score (nSPS) is 11.0. The van der Waals surface area contributed by atoms with Crippen LogP contribution in [0.4, 0.5) is 0 Å². The summed E-state index contributed by atoms with van der Waals surface area (Å²) in [6, 6.07) is 0. The summed E-state index contributed by atoms with van der Waals surface area (Å²) in [5.41, 5.74) is 0.728. The molecule has 3 N–H and O–H groups in total. The van der Waals surface area contributed by atoms with Crippen LogP contribution in [-0.4, -0.2) is 46.9 Å². The smallest absolute Gasteiger partial charge is 0.244 e. The number of unbranched alkanes of at least 4 members (excludes halogenated alkanes) is 4. The number of amides is 2. The van der Waals surface area contributed by atoms with Crippen LogP contribution in [0.15, 0.2) is 18.3 Å². The maximum absolute atomic E-state index is 11.7. The molecule has 152 valence electrons. The van der Waals surface area contributed by atoms with Crippen molar-refractivity contribution in [2.24, 2.45) is 0 Å². The summed E-state index contributed by atoms with van der Waals surface area (Å²) < 4.78 is 1.77. The number of nitrogens with zero attached hydrogens (tertiary/aromatic N) is 3. The summed E-state index contributed by atoms with van der Waals surface area (Å²) >= 11 is 0. The van der Waals surface area contributed by atoms with Crippen LogP contribution in [0.2, 0.25) is 0 Å². The van der Waals surface area contributed by atoms with Crippen LogP contribution in [0.5, 0.6) is 0 Å². The van der Waals surface area contributed by atoms with E-state index in [9.17, 15) is 9.59 Å². The van der Waals surface area contributed by atoms with Gasteiger partial charge in [-0.15, -0.1) is 5.10 Å². The molecule has 0 saturated carbocycles. The molecule has 0 aliphatic rings. The number of likely N-dealkylation sites (N-methyl/N-ethyl adjacent to an activating group) is 1. The van der Waals surface area contributed by atoms with Crippen molar-refractivity contribution in [1.82, 2.24) is 30.9 Å². The van der Waals surface area contributed by atoms with Crippen molar-refractivity contribution in [3.05, 3.63) is 24.0 Å². The molecule has 1 rings (SSSR count). The van der Waals surface area contributed by atoms with Gasteiger partial charge in [0.15, 0.2) is 0 Å². The monoisotopic (exact) mass is 378 g/mol. The lowest BCUT2D eigenvalue weighted by Gasteiger charge is -2.05. The van der Waals surface area contributed by atoms with E-state index >= 15 is 0 Å². The first-order valence-electron chi connectivity index (χ1n) is 9.90. The molecule has 8 heteroatoms. The third kappa shape index (κ3) is 11.9. The van der Waals surface area contributed by atoms with Gasteiger partial charge in [-0.1, -0.05) is 37.5 Å². The molecule has 0 atom stereocenters. The van der Waals surface area contributed by atoms with Gasteiger partial charge < -0.3 is 16.0 Å². The minimum atomic E-state index is -0.148. The second-order valence-electron chi connectivity index (χ2n) is 6.52. The fourth-order valence-corrected chi connectivity index (χ4v) is 2.48. The molecule has 1 heterocycles. The number of rotatable bonds is 15. The zero-order chi connectivity index (χ0) is 19.7. The molecule has 8 nitrogen and oxygen atoms in total. The molecule has 0 radical (unpaired) electrons. The predicted molar refractivity (Wildman–Crippen MR) is 106 cm³/mol. The van der Waals surface area contributed by atoms with Crippen LogP contribution >= 0.6 is 0 Å². The maximum Gasteiger partial charge on any atom is 0.244 e.